The summed E-state index contributed by atoms with van der Waals surface area (Å²) in [6.45, 7) is 1.62. The quantitative estimate of drug-likeness (QED) is 0.650. The van der Waals surface area contributed by atoms with Crippen LogP contribution in [0.5, 0.6) is 0 Å². The van der Waals surface area contributed by atoms with Crippen LogP contribution in [0.15, 0.2) is 18.3 Å². The van der Waals surface area contributed by atoms with Crippen LogP contribution in [0.4, 0.5) is 4.39 Å². The summed E-state index contributed by atoms with van der Waals surface area (Å²) in [4.78, 5) is 3.45. The Hall–Kier alpha value is -0.960. The van der Waals surface area contributed by atoms with Crippen molar-refractivity contribution in [1.82, 2.24) is 4.98 Å². The number of rotatable bonds is 2. The first kappa shape index (κ1) is 8.14. The van der Waals surface area contributed by atoms with Crippen molar-refractivity contribution in [3.8, 4) is 0 Å². The lowest BCUT2D eigenvalue weighted by molar-refractivity contribution is 0.193. The SMILES string of the molecule is C[C@H](O)Cc1cccnc1F. The van der Waals surface area contributed by atoms with Crippen molar-refractivity contribution in [2.75, 3.05) is 0 Å². The van der Waals surface area contributed by atoms with Crippen molar-refractivity contribution < 1.29 is 9.50 Å². The van der Waals surface area contributed by atoms with Gasteiger partial charge in [-0.3, -0.25) is 0 Å². The Morgan fingerprint density at radius 2 is 2.45 bits per heavy atom. The first-order valence-electron chi connectivity index (χ1n) is 3.47. The molecule has 2 nitrogen and oxygen atoms in total. The Morgan fingerprint density at radius 3 is 3.00 bits per heavy atom. The van der Waals surface area contributed by atoms with Crippen molar-refractivity contribution in [3.63, 3.8) is 0 Å². The summed E-state index contributed by atoms with van der Waals surface area (Å²) in [6.07, 6.45) is 1.19. The van der Waals surface area contributed by atoms with Gasteiger partial charge in [0.05, 0.1) is 6.10 Å². The molecule has 1 aromatic heterocycles. The summed E-state index contributed by atoms with van der Waals surface area (Å²) in [7, 11) is 0. The third kappa shape index (κ3) is 2.27. The Kier molecular flexibility index (Phi) is 2.54. The van der Waals surface area contributed by atoms with Crippen molar-refractivity contribution >= 4 is 0 Å². The second kappa shape index (κ2) is 3.44. The highest BCUT2D eigenvalue weighted by Crippen LogP contribution is 2.05. The molecule has 3 heteroatoms. The van der Waals surface area contributed by atoms with E-state index in [4.69, 9.17) is 5.11 Å². The molecular weight excluding hydrogens is 145 g/mol. The Morgan fingerprint density at radius 1 is 1.73 bits per heavy atom. The van der Waals surface area contributed by atoms with Gasteiger partial charge in [-0.25, -0.2) is 4.98 Å². The van der Waals surface area contributed by atoms with Gasteiger partial charge in [0.15, 0.2) is 0 Å². The number of hydrogen-bond donors (Lipinski definition) is 1. The molecule has 1 N–H and O–H groups in total. The maximum Gasteiger partial charge on any atom is 0.216 e. The fraction of sp³-hybridized carbons (Fsp3) is 0.375. The highest BCUT2D eigenvalue weighted by atomic mass is 19.1. The largest absolute Gasteiger partial charge is 0.393 e. The number of aliphatic hydroxyl groups is 1. The van der Waals surface area contributed by atoms with Gasteiger partial charge in [0, 0.05) is 18.2 Å². The van der Waals surface area contributed by atoms with Gasteiger partial charge in [0.2, 0.25) is 5.95 Å². The maximum atomic E-state index is 12.7. The molecule has 0 saturated carbocycles. The average Bonchev–Trinajstić information content (AvgIpc) is 1.93. The first-order chi connectivity index (χ1) is 5.20. The van der Waals surface area contributed by atoms with E-state index in [1.54, 1.807) is 19.1 Å². The topological polar surface area (TPSA) is 33.1 Å². The first-order valence-corrected chi connectivity index (χ1v) is 3.47. The zero-order valence-corrected chi connectivity index (χ0v) is 6.29. The highest BCUT2D eigenvalue weighted by Gasteiger charge is 2.04. The van der Waals surface area contributed by atoms with E-state index in [1.807, 2.05) is 0 Å². The summed E-state index contributed by atoms with van der Waals surface area (Å²) < 4.78 is 12.7. The van der Waals surface area contributed by atoms with Gasteiger partial charge in [0.1, 0.15) is 0 Å². The van der Waals surface area contributed by atoms with Gasteiger partial charge in [-0.1, -0.05) is 6.07 Å². The molecular formula is C8H10FNO. The Bertz CT molecular complexity index is 237. The third-order valence-corrected chi connectivity index (χ3v) is 1.35. The van der Waals surface area contributed by atoms with Crippen molar-refractivity contribution in [2.45, 2.75) is 19.4 Å². The molecule has 60 valence electrons. The van der Waals surface area contributed by atoms with E-state index >= 15 is 0 Å². The number of hydrogen-bond acceptors (Lipinski definition) is 2. The minimum atomic E-state index is -0.520. The zero-order valence-electron chi connectivity index (χ0n) is 6.29. The van der Waals surface area contributed by atoms with E-state index in [1.165, 1.54) is 6.20 Å². The summed E-state index contributed by atoms with van der Waals surface area (Å²) >= 11 is 0. The molecule has 0 fully saturated rings. The lowest BCUT2D eigenvalue weighted by Gasteiger charge is -2.03. The molecule has 0 aromatic carbocycles. The fourth-order valence-electron chi connectivity index (χ4n) is 0.890. The van der Waals surface area contributed by atoms with Crippen LogP contribution in [-0.4, -0.2) is 16.2 Å². The van der Waals surface area contributed by atoms with E-state index in [-0.39, 0.29) is 0 Å². The second-order valence-electron chi connectivity index (χ2n) is 2.51. The molecule has 0 bridgehead atoms. The van der Waals surface area contributed by atoms with Gasteiger partial charge >= 0.3 is 0 Å². The monoisotopic (exact) mass is 155 g/mol. The molecule has 11 heavy (non-hydrogen) atoms. The zero-order chi connectivity index (χ0) is 8.27. The van der Waals surface area contributed by atoms with Crippen molar-refractivity contribution in [3.05, 3.63) is 29.8 Å². The van der Waals surface area contributed by atoms with E-state index in [0.717, 1.165) is 0 Å². The normalized spacial score (nSPS) is 13.0. The van der Waals surface area contributed by atoms with Gasteiger partial charge in [-0.2, -0.15) is 4.39 Å². The molecule has 1 rings (SSSR count). The minimum Gasteiger partial charge on any atom is -0.393 e. The van der Waals surface area contributed by atoms with Crippen LogP contribution in [0.1, 0.15) is 12.5 Å². The van der Waals surface area contributed by atoms with Crippen LogP contribution in [0.3, 0.4) is 0 Å². The molecule has 0 aliphatic carbocycles. The van der Waals surface area contributed by atoms with E-state index < -0.39 is 12.1 Å². The standard InChI is InChI=1S/C8H10FNO/c1-6(11)5-7-3-2-4-10-8(7)9/h2-4,6,11H,5H2,1H3/t6-/m0/s1. The number of halogens is 1. The molecule has 0 unspecified atom stereocenters. The number of pyridine rings is 1. The second-order valence-corrected chi connectivity index (χ2v) is 2.51. The van der Waals surface area contributed by atoms with Crippen LogP contribution in [0, 0.1) is 5.95 Å². The van der Waals surface area contributed by atoms with Gasteiger partial charge in [0.25, 0.3) is 0 Å². The van der Waals surface area contributed by atoms with Gasteiger partial charge in [-0.05, 0) is 13.0 Å². The van der Waals surface area contributed by atoms with Crippen LogP contribution in [-0.2, 0) is 6.42 Å². The molecule has 0 radical (unpaired) electrons. The summed E-state index contributed by atoms with van der Waals surface area (Å²) in [5.41, 5.74) is 0.461. The van der Waals surface area contributed by atoms with Crippen LogP contribution < -0.4 is 0 Å². The third-order valence-electron chi connectivity index (χ3n) is 1.35. The minimum absolute atomic E-state index is 0.319. The molecule has 1 heterocycles. The summed E-state index contributed by atoms with van der Waals surface area (Å²) in [6, 6.07) is 3.27. The fourth-order valence-corrected chi connectivity index (χ4v) is 0.890. The summed E-state index contributed by atoms with van der Waals surface area (Å²) in [5, 5.41) is 8.94. The van der Waals surface area contributed by atoms with Crippen LogP contribution in [0.2, 0.25) is 0 Å². The molecule has 0 saturated heterocycles. The van der Waals surface area contributed by atoms with E-state index in [0.29, 0.717) is 12.0 Å². The average molecular weight is 155 g/mol. The number of nitrogens with zero attached hydrogens (tertiary/aromatic N) is 1. The maximum absolute atomic E-state index is 12.7. The number of aromatic nitrogens is 1. The van der Waals surface area contributed by atoms with E-state index in [2.05, 4.69) is 4.98 Å². The van der Waals surface area contributed by atoms with Crippen LogP contribution in [0.25, 0.3) is 0 Å². The molecule has 0 spiro atoms. The smallest absolute Gasteiger partial charge is 0.216 e. The van der Waals surface area contributed by atoms with Crippen molar-refractivity contribution in [2.24, 2.45) is 0 Å². The van der Waals surface area contributed by atoms with E-state index in [9.17, 15) is 4.39 Å². The Balaban J connectivity index is 2.78. The lowest BCUT2D eigenvalue weighted by atomic mass is 10.1. The number of aliphatic hydroxyl groups excluding tert-OH is 1. The van der Waals surface area contributed by atoms with Gasteiger partial charge in [-0.15, -0.1) is 0 Å². The molecule has 1 atom stereocenters. The molecule has 0 aliphatic heterocycles. The predicted octanol–water partition coefficient (Wildman–Crippen LogP) is 1.14. The Labute approximate surface area is 64.7 Å². The predicted molar refractivity (Wildman–Crippen MR) is 39.6 cm³/mol. The summed E-state index contributed by atoms with van der Waals surface area (Å²) in [5.74, 6) is -0.492. The lowest BCUT2D eigenvalue weighted by Crippen LogP contribution is -2.06. The highest BCUT2D eigenvalue weighted by molar-refractivity contribution is 5.11. The van der Waals surface area contributed by atoms with Crippen molar-refractivity contribution in [1.29, 1.82) is 0 Å². The molecule has 0 aliphatic rings. The molecule has 0 amide bonds. The van der Waals surface area contributed by atoms with Gasteiger partial charge < -0.3 is 5.11 Å². The van der Waals surface area contributed by atoms with Crippen LogP contribution >= 0.6 is 0 Å². The molecule has 1 aromatic rings.